The molecule has 3 aliphatic rings. The third-order valence-corrected chi connectivity index (χ3v) is 17.3. The zero-order valence-corrected chi connectivity index (χ0v) is 40.5. The van der Waals surface area contributed by atoms with E-state index in [1.165, 1.54) is 34.7 Å². The van der Waals surface area contributed by atoms with Gasteiger partial charge in [0.05, 0.1) is 11.2 Å². The Bertz CT molecular complexity index is 3860. The summed E-state index contributed by atoms with van der Waals surface area (Å²) in [5.41, 5.74) is 4.32. The van der Waals surface area contributed by atoms with Gasteiger partial charge in [-0.1, -0.05) is 180 Å². The summed E-state index contributed by atoms with van der Waals surface area (Å²) in [6, 6.07) is 55.7. The summed E-state index contributed by atoms with van der Waals surface area (Å²) >= 11 is 7.12. The van der Waals surface area contributed by atoms with Gasteiger partial charge >= 0.3 is 7.12 Å². The van der Waals surface area contributed by atoms with Crippen LogP contribution in [-0.2, 0) is 20.1 Å². The molecule has 0 spiro atoms. The van der Waals surface area contributed by atoms with Crippen molar-refractivity contribution >= 4 is 91.5 Å². The van der Waals surface area contributed by atoms with Crippen LogP contribution in [0.4, 0.5) is 0 Å². The van der Waals surface area contributed by atoms with Crippen molar-refractivity contribution in [2.45, 2.75) is 84.6 Å². The molecule has 1 unspecified atom stereocenters. The van der Waals surface area contributed by atoms with Gasteiger partial charge in [0.2, 0.25) is 0 Å². The lowest BCUT2D eigenvalue weighted by Crippen LogP contribution is -2.41. The minimum absolute atomic E-state index is 0. The van der Waals surface area contributed by atoms with E-state index < -0.39 is 49.7 Å². The average Bonchev–Trinajstić information content (AvgIpc) is 4.29. The number of thiophene rings is 2. The van der Waals surface area contributed by atoms with Gasteiger partial charge in [0.15, 0.2) is 0 Å². The van der Waals surface area contributed by atoms with Crippen molar-refractivity contribution in [1.82, 2.24) is 0 Å². The summed E-state index contributed by atoms with van der Waals surface area (Å²) in [6.45, 7) is 2.20. The highest BCUT2D eigenvalue weighted by molar-refractivity contribution is 9.10. The van der Waals surface area contributed by atoms with E-state index in [0.29, 0.717) is 22.3 Å². The van der Waals surface area contributed by atoms with E-state index in [2.05, 4.69) is 76.6 Å². The molecule has 2 aliphatic carbocycles. The Hall–Kier alpha value is -5.34. The van der Waals surface area contributed by atoms with Crippen molar-refractivity contribution < 1.29 is 21.6 Å². The van der Waals surface area contributed by atoms with Crippen LogP contribution in [0.5, 0.6) is 0 Å². The fourth-order valence-electron chi connectivity index (χ4n) is 9.77. The van der Waals surface area contributed by atoms with Crippen LogP contribution in [0.2, 0.25) is 0 Å². The van der Waals surface area contributed by atoms with E-state index in [1.54, 1.807) is 29.5 Å². The van der Waals surface area contributed by atoms with Crippen LogP contribution in [0.25, 0.3) is 73.7 Å². The van der Waals surface area contributed by atoms with Gasteiger partial charge in [-0.05, 0) is 129 Å². The van der Waals surface area contributed by atoms with E-state index in [0.717, 1.165) is 48.9 Å². The van der Waals surface area contributed by atoms with Gasteiger partial charge in [-0.15, -0.1) is 22.7 Å². The van der Waals surface area contributed by atoms with Crippen LogP contribution < -0.4 is 5.46 Å². The maximum atomic E-state index is 8.45. The summed E-state index contributed by atoms with van der Waals surface area (Å²) in [5.74, 6) is 0. The van der Waals surface area contributed by atoms with E-state index in [4.69, 9.17) is 21.6 Å². The highest BCUT2D eigenvalue weighted by atomic mass is 79.9. The molecule has 6 heteroatoms. The van der Waals surface area contributed by atoms with Gasteiger partial charge in [0.1, 0.15) is 0 Å². The predicted molar refractivity (Wildman–Crippen MR) is 296 cm³/mol. The molecule has 0 N–H and O–H groups in total. The summed E-state index contributed by atoms with van der Waals surface area (Å²) in [6.07, 6.45) is 0. The van der Waals surface area contributed by atoms with Crippen LogP contribution >= 0.6 is 38.6 Å². The van der Waals surface area contributed by atoms with Gasteiger partial charge in [-0.2, -0.15) is 0 Å². The molecular weight excluding hydrogens is 920 g/mol. The van der Waals surface area contributed by atoms with Crippen molar-refractivity contribution in [3.05, 3.63) is 197 Å². The molecule has 0 amide bonds. The minimum Gasteiger partial charge on any atom is -0.399 e. The second-order valence-corrected chi connectivity index (χ2v) is 21.6. The topological polar surface area (TPSA) is 18.5 Å². The molecule has 1 fully saturated rings. The molecule has 2 nitrogen and oxygen atoms in total. The highest BCUT2D eigenvalue weighted by Gasteiger charge is 2.52. The number of halogens is 1. The van der Waals surface area contributed by atoms with Crippen molar-refractivity contribution in [2.75, 3.05) is 0 Å². The Morgan fingerprint density at radius 3 is 1.54 bits per heavy atom. The Morgan fingerprint density at radius 2 is 0.910 bits per heavy atom. The molecule has 2 aromatic heterocycles. The largest absolute Gasteiger partial charge is 0.494 e. The first-order chi connectivity index (χ1) is 35.4. The lowest BCUT2D eigenvalue weighted by molar-refractivity contribution is 0.00578. The Balaban J connectivity index is 0.000000139. The van der Waals surface area contributed by atoms with E-state index in [1.807, 2.05) is 137 Å². The molecule has 3 heterocycles. The quantitative estimate of drug-likeness (QED) is 0.161. The maximum absolute atomic E-state index is 8.45. The summed E-state index contributed by atoms with van der Waals surface area (Å²) in [7, 11) is -0.509. The van der Waals surface area contributed by atoms with Gasteiger partial charge in [-0.3, -0.25) is 0 Å². The van der Waals surface area contributed by atoms with Crippen LogP contribution in [0.1, 0.15) is 97.2 Å². The number of fused-ring (bicyclic) bond motifs is 12. The molecule has 0 bridgehead atoms. The second kappa shape index (κ2) is 16.7. The van der Waals surface area contributed by atoms with Gasteiger partial charge in [0, 0.05) is 68.0 Å². The number of benzene rings is 8. The SMILES string of the molecule is Brc1cccc2c1sc1ccccc12.C.[2H]C([2H])([2H])C1(C([2H])([2H])[2H])c2ccccc2-c2ccc(-c3cccc4c3sc3ccccc34)cc21.[2H]C([2H])([2H])C1(C)c2ccccc2-c2ccc(B3OC(C)(C)C(C)(C)O3)cc21. The molecule has 334 valence electrons. The summed E-state index contributed by atoms with van der Waals surface area (Å²) in [4.78, 5) is 0. The first kappa shape index (κ1) is 35.8. The Morgan fingerprint density at radius 1 is 0.448 bits per heavy atom. The van der Waals surface area contributed by atoms with E-state index in [-0.39, 0.29) is 7.43 Å². The first-order valence-corrected chi connectivity index (χ1v) is 24.6. The van der Waals surface area contributed by atoms with Crippen molar-refractivity contribution in [2.24, 2.45) is 0 Å². The van der Waals surface area contributed by atoms with Crippen LogP contribution in [0.15, 0.2) is 174 Å². The monoisotopic (exact) mass is 983 g/mol. The lowest BCUT2D eigenvalue weighted by atomic mass is 9.74. The van der Waals surface area contributed by atoms with E-state index in [9.17, 15) is 0 Å². The zero-order chi connectivity index (χ0) is 53.3. The third kappa shape index (κ3) is 7.43. The number of hydrogen-bond donors (Lipinski definition) is 0. The standard InChI is InChI=1S/C27H20S.C21H25BO2.C12H7BrS.CH4/c1-27(2)23-12-5-3-8-19(23)20-15-14-17(16-24(20)27)18-10-7-11-22-21-9-4-6-13-25(21)28-26(18)22;1-19(2)17-10-8-7-9-15(17)16-12-11-14(13-18(16)19)22-23-20(3,4)21(5,6)24-22;13-10-6-3-5-9-8-4-1-2-7-11(8)14-12(9)10;/h3-16H,1-2H3;7-13H,1-6H3;1-7H;1H4/i1D3,2D3;1D3;;. The van der Waals surface area contributed by atoms with Gasteiger partial charge in [0.25, 0.3) is 0 Å². The molecule has 10 aromatic rings. The van der Waals surface area contributed by atoms with E-state index >= 15 is 0 Å². The Kier molecular flexibility index (Phi) is 8.92. The predicted octanol–water partition coefficient (Wildman–Crippen LogP) is 17.8. The van der Waals surface area contributed by atoms with Crippen LogP contribution in [0, 0.1) is 0 Å². The smallest absolute Gasteiger partial charge is 0.399 e. The lowest BCUT2D eigenvalue weighted by Gasteiger charge is -2.32. The number of hydrogen-bond acceptors (Lipinski definition) is 4. The zero-order valence-electron chi connectivity index (χ0n) is 46.3. The molecule has 8 aromatic carbocycles. The fraction of sp³-hybridized carbons (Fsp3) is 0.213. The second-order valence-electron chi connectivity index (χ2n) is 18.6. The summed E-state index contributed by atoms with van der Waals surface area (Å²) in [5, 5.41) is 5.02. The van der Waals surface area contributed by atoms with Crippen molar-refractivity contribution in [3.63, 3.8) is 0 Å². The molecule has 13 rings (SSSR count). The number of rotatable bonds is 2. The molecule has 1 aliphatic heterocycles. The third-order valence-electron chi connectivity index (χ3n) is 14.0. The van der Waals surface area contributed by atoms with Crippen LogP contribution in [0.3, 0.4) is 0 Å². The van der Waals surface area contributed by atoms with Crippen LogP contribution in [-0.4, -0.2) is 18.3 Å². The van der Waals surface area contributed by atoms with Gasteiger partial charge < -0.3 is 9.31 Å². The molecule has 0 radical (unpaired) electrons. The molecule has 1 atom stereocenters. The summed E-state index contributed by atoms with van der Waals surface area (Å²) < 4.78 is 94.0. The molecule has 67 heavy (non-hydrogen) atoms. The minimum atomic E-state index is -2.76. The first-order valence-electron chi connectivity index (χ1n) is 26.7. The Labute approximate surface area is 425 Å². The molecule has 1 saturated heterocycles. The fourth-order valence-corrected chi connectivity index (χ4v) is 12.7. The highest BCUT2D eigenvalue weighted by Crippen LogP contribution is 2.51. The maximum Gasteiger partial charge on any atom is 0.494 e. The van der Waals surface area contributed by atoms with Gasteiger partial charge in [-0.25, -0.2) is 0 Å². The van der Waals surface area contributed by atoms with Crippen molar-refractivity contribution in [3.8, 4) is 33.4 Å². The average molecular weight is 985 g/mol. The molecular formula is C61H56BBrO2S2. The normalized spacial score (nSPS) is 20.3. The van der Waals surface area contributed by atoms with Crippen molar-refractivity contribution in [1.29, 1.82) is 0 Å². The molecule has 0 saturated carbocycles.